The van der Waals surface area contributed by atoms with Crippen molar-refractivity contribution in [1.82, 2.24) is 5.01 Å². The topological polar surface area (TPSA) is 68.2 Å². The fraction of sp³-hybridized carbons (Fsp3) is 0.240. The number of ether oxygens (including phenoxy) is 2. The molecule has 0 fully saturated rings. The monoisotopic (exact) mass is 540 g/mol. The van der Waals surface area contributed by atoms with Crippen molar-refractivity contribution < 1.29 is 19.1 Å². The molecule has 0 radical (unpaired) electrons. The van der Waals surface area contributed by atoms with Crippen molar-refractivity contribution in [1.29, 1.82) is 0 Å². The highest BCUT2D eigenvalue weighted by Crippen LogP contribution is 2.38. The zero-order chi connectivity index (χ0) is 22.4. The molecule has 2 amide bonds. The highest BCUT2D eigenvalue weighted by Gasteiger charge is 2.35. The van der Waals surface area contributed by atoms with E-state index in [0.29, 0.717) is 34.8 Å². The second-order valence-electron chi connectivity index (χ2n) is 7.84. The van der Waals surface area contributed by atoms with Crippen LogP contribution < -0.4 is 9.47 Å². The van der Waals surface area contributed by atoms with E-state index in [4.69, 9.17) is 9.47 Å². The lowest BCUT2D eigenvalue weighted by molar-refractivity contribution is 0.0616. The average Bonchev–Trinajstić information content (AvgIpc) is 3.22. The van der Waals surface area contributed by atoms with Crippen molar-refractivity contribution in [3.63, 3.8) is 0 Å². The van der Waals surface area contributed by atoms with Crippen LogP contribution in [0.2, 0.25) is 0 Å². The maximum absolute atomic E-state index is 13.2. The number of amides is 2. The molecule has 3 aromatic rings. The van der Waals surface area contributed by atoms with Crippen LogP contribution in [0.3, 0.4) is 0 Å². The van der Waals surface area contributed by atoms with Gasteiger partial charge < -0.3 is 9.47 Å². The predicted octanol–water partition coefficient (Wildman–Crippen LogP) is 4.97. The summed E-state index contributed by atoms with van der Waals surface area (Å²) >= 11 is 2.18. The number of carbonyl (C=O) groups excluding carboxylic acids is 2. The van der Waals surface area contributed by atoms with Gasteiger partial charge in [-0.2, -0.15) is 10.1 Å². The Balaban J connectivity index is 1.51. The van der Waals surface area contributed by atoms with Crippen molar-refractivity contribution in [3.8, 4) is 11.5 Å². The van der Waals surface area contributed by atoms with Gasteiger partial charge in [0.25, 0.3) is 11.8 Å². The summed E-state index contributed by atoms with van der Waals surface area (Å²) in [6.07, 6.45) is 4.28. The molecule has 0 aromatic heterocycles. The second kappa shape index (κ2) is 8.20. The van der Waals surface area contributed by atoms with Gasteiger partial charge in [0.15, 0.2) is 11.5 Å². The maximum Gasteiger partial charge on any atom is 0.282 e. The lowest BCUT2D eigenvalue weighted by Gasteiger charge is -2.23. The fourth-order valence-electron chi connectivity index (χ4n) is 4.39. The SMILES string of the molecule is CCCOc1c(I)cc(/C=N\N2C(=O)c3ccc4c5c(ccc(c35)C2=O)CC4)cc1OC. The average molecular weight is 540 g/mol. The molecule has 3 aromatic carbocycles. The highest BCUT2D eigenvalue weighted by atomic mass is 127. The Labute approximate surface area is 199 Å². The largest absolute Gasteiger partial charge is 0.493 e. The molecule has 32 heavy (non-hydrogen) atoms. The molecule has 1 aliphatic carbocycles. The van der Waals surface area contributed by atoms with Crippen molar-refractivity contribution in [2.45, 2.75) is 26.2 Å². The number of aryl methyl sites for hydroxylation is 2. The Morgan fingerprint density at radius 1 is 1.03 bits per heavy atom. The van der Waals surface area contributed by atoms with Gasteiger partial charge in [-0.1, -0.05) is 19.1 Å². The number of imide groups is 1. The first-order valence-electron chi connectivity index (χ1n) is 10.5. The summed E-state index contributed by atoms with van der Waals surface area (Å²) in [4.78, 5) is 26.4. The van der Waals surface area contributed by atoms with E-state index < -0.39 is 11.8 Å². The first-order valence-corrected chi connectivity index (χ1v) is 11.6. The Hall–Kier alpha value is -2.94. The van der Waals surface area contributed by atoms with E-state index in [0.717, 1.165) is 38.6 Å². The maximum atomic E-state index is 13.2. The minimum absolute atomic E-state index is 0.404. The molecule has 7 heteroatoms. The fourth-order valence-corrected chi connectivity index (χ4v) is 5.17. The number of hydrogen-bond acceptors (Lipinski definition) is 5. The summed E-state index contributed by atoms with van der Waals surface area (Å²) in [6, 6.07) is 11.3. The minimum Gasteiger partial charge on any atom is -0.493 e. The number of benzene rings is 3. The van der Waals surface area contributed by atoms with Gasteiger partial charge in [0.05, 0.1) is 34.6 Å². The molecule has 162 valence electrons. The van der Waals surface area contributed by atoms with E-state index >= 15 is 0 Å². The Morgan fingerprint density at radius 2 is 1.69 bits per heavy atom. The van der Waals surface area contributed by atoms with Crippen LogP contribution >= 0.6 is 22.6 Å². The molecular weight excluding hydrogens is 519 g/mol. The third-order valence-electron chi connectivity index (χ3n) is 5.87. The summed E-state index contributed by atoms with van der Waals surface area (Å²) in [7, 11) is 1.58. The van der Waals surface area contributed by atoms with Gasteiger partial charge >= 0.3 is 0 Å². The quantitative estimate of drug-likeness (QED) is 0.252. The summed E-state index contributed by atoms with van der Waals surface area (Å²) in [6.45, 7) is 2.63. The number of halogens is 1. The molecule has 1 heterocycles. The number of rotatable bonds is 6. The van der Waals surface area contributed by atoms with Crippen LogP contribution in [0.5, 0.6) is 11.5 Å². The van der Waals surface area contributed by atoms with Crippen LogP contribution in [0.4, 0.5) is 0 Å². The van der Waals surface area contributed by atoms with Crippen molar-refractivity contribution in [2.75, 3.05) is 13.7 Å². The van der Waals surface area contributed by atoms with Crippen LogP contribution in [0.1, 0.15) is 50.8 Å². The summed E-state index contributed by atoms with van der Waals surface area (Å²) in [5.41, 5.74) is 4.15. The highest BCUT2D eigenvalue weighted by molar-refractivity contribution is 14.1. The summed E-state index contributed by atoms with van der Waals surface area (Å²) < 4.78 is 12.1. The predicted molar refractivity (Wildman–Crippen MR) is 131 cm³/mol. The number of carbonyl (C=O) groups is 2. The molecule has 0 saturated carbocycles. The molecule has 2 aliphatic rings. The van der Waals surface area contributed by atoms with Crippen molar-refractivity contribution in [3.05, 3.63) is 67.8 Å². The van der Waals surface area contributed by atoms with Crippen molar-refractivity contribution in [2.24, 2.45) is 5.10 Å². The molecular formula is C25H21IN2O4. The first kappa shape index (κ1) is 20.9. The third kappa shape index (κ3) is 3.26. The van der Waals surface area contributed by atoms with Crippen LogP contribution in [0.15, 0.2) is 41.5 Å². The van der Waals surface area contributed by atoms with Crippen LogP contribution in [0.25, 0.3) is 10.8 Å². The van der Waals surface area contributed by atoms with Gasteiger partial charge in [0, 0.05) is 5.39 Å². The molecule has 0 spiro atoms. The van der Waals surface area contributed by atoms with Crippen LogP contribution in [-0.4, -0.2) is 36.8 Å². The van der Waals surface area contributed by atoms with Crippen LogP contribution in [-0.2, 0) is 12.8 Å². The summed E-state index contributed by atoms with van der Waals surface area (Å²) in [5, 5.41) is 7.07. The summed E-state index contributed by atoms with van der Waals surface area (Å²) in [5.74, 6) is 0.449. The number of hydrogen-bond donors (Lipinski definition) is 0. The Bertz CT molecular complexity index is 1260. The zero-order valence-corrected chi connectivity index (χ0v) is 19.9. The van der Waals surface area contributed by atoms with Gasteiger partial charge in [0.1, 0.15) is 0 Å². The molecule has 1 aliphatic heterocycles. The van der Waals surface area contributed by atoms with Gasteiger partial charge in [0.2, 0.25) is 0 Å². The van der Waals surface area contributed by atoms with Gasteiger partial charge in [-0.05, 0) is 88.2 Å². The van der Waals surface area contributed by atoms with Gasteiger partial charge in [-0.25, -0.2) is 0 Å². The second-order valence-corrected chi connectivity index (χ2v) is 9.01. The minimum atomic E-state index is -0.404. The molecule has 0 bridgehead atoms. The first-order chi connectivity index (χ1) is 15.5. The lowest BCUT2D eigenvalue weighted by atomic mass is 9.92. The van der Waals surface area contributed by atoms with E-state index in [1.54, 1.807) is 13.2 Å². The molecule has 0 unspecified atom stereocenters. The van der Waals surface area contributed by atoms with E-state index in [-0.39, 0.29) is 0 Å². The number of methoxy groups -OCH3 is 1. The third-order valence-corrected chi connectivity index (χ3v) is 6.67. The molecule has 0 saturated heterocycles. The van der Waals surface area contributed by atoms with Gasteiger partial charge in [-0.3, -0.25) is 9.59 Å². The van der Waals surface area contributed by atoms with E-state index in [2.05, 4.69) is 27.7 Å². The van der Waals surface area contributed by atoms with Crippen molar-refractivity contribution >= 4 is 51.4 Å². The molecule has 5 rings (SSSR count). The lowest BCUT2D eigenvalue weighted by Crippen LogP contribution is -2.36. The van der Waals surface area contributed by atoms with E-state index in [1.807, 2.05) is 37.3 Å². The van der Waals surface area contributed by atoms with Crippen LogP contribution in [0, 0.1) is 3.57 Å². The smallest absolute Gasteiger partial charge is 0.282 e. The molecule has 0 atom stereocenters. The van der Waals surface area contributed by atoms with Gasteiger partial charge in [-0.15, -0.1) is 0 Å². The Morgan fingerprint density at radius 3 is 2.28 bits per heavy atom. The number of nitrogens with zero attached hydrogens (tertiary/aromatic N) is 2. The molecule has 0 N–H and O–H groups in total. The number of hydrazone groups is 1. The zero-order valence-electron chi connectivity index (χ0n) is 17.8. The Kier molecular flexibility index (Phi) is 5.36. The molecule has 6 nitrogen and oxygen atoms in total. The normalized spacial score (nSPS) is 14.7. The van der Waals surface area contributed by atoms with E-state index in [9.17, 15) is 9.59 Å². The standard InChI is InChI=1S/C25H21IN2O4/c1-3-10-32-23-19(26)11-14(12-20(23)31-2)13-27-28-24(29)17-8-6-15-4-5-16-7-9-18(25(28)30)22(17)21(15)16/h6-9,11-13H,3-5,10H2,1-2H3/b27-13-. The van der Waals surface area contributed by atoms with E-state index in [1.165, 1.54) is 17.3 Å².